The first kappa shape index (κ1) is 11.8. The molecule has 1 atom stereocenters. The Morgan fingerprint density at radius 3 is 2.67 bits per heavy atom. The van der Waals surface area contributed by atoms with Gasteiger partial charge in [0, 0.05) is 12.0 Å². The molecule has 0 aliphatic carbocycles. The van der Waals surface area contributed by atoms with E-state index >= 15 is 0 Å². The average Bonchev–Trinajstić information content (AvgIpc) is 2.05. The molecule has 1 aliphatic rings. The summed E-state index contributed by atoms with van der Waals surface area (Å²) in [5, 5.41) is 5.36. The van der Waals surface area contributed by atoms with Crippen molar-refractivity contribution in [1.82, 2.24) is 10.6 Å². The fraction of sp³-hybridized carbons (Fsp3) is 0.800. The highest BCUT2D eigenvalue weighted by Crippen LogP contribution is 2.08. The van der Waals surface area contributed by atoms with Crippen molar-refractivity contribution in [3.63, 3.8) is 0 Å². The molecule has 5 heteroatoms. The minimum Gasteiger partial charge on any atom is -0.444 e. The van der Waals surface area contributed by atoms with Crippen LogP contribution in [-0.4, -0.2) is 30.2 Å². The average molecular weight is 214 g/mol. The maximum absolute atomic E-state index is 11.4. The first-order valence-electron chi connectivity index (χ1n) is 5.12. The smallest absolute Gasteiger partial charge is 0.407 e. The maximum atomic E-state index is 11.4. The summed E-state index contributed by atoms with van der Waals surface area (Å²) in [6.07, 6.45) is 0.394. The molecule has 5 nitrogen and oxygen atoms in total. The molecule has 0 aromatic rings. The van der Waals surface area contributed by atoms with Gasteiger partial charge in [0.25, 0.3) is 0 Å². The highest BCUT2D eigenvalue weighted by atomic mass is 16.6. The molecule has 1 fully saturated rings. The largest absolute Gasteiger partial charge is 0.444 e. The molecule has 0 aromatic carbocycles. The van der Waals surface area contributed by atoms with Crippen LogP contribution in [0.3, 0.4) is 0 Å². The van der Waals surface area contributed by atoms with Gasteiger partial charge in [0.2, 0.25) is 5.91 Å². The summed E-state index contributed by atoms with van der Waals surface area (Å²) in [5.74, 6) is 0.0195. The van der Waals surface area contributed by atoms with E-state index in [-0.39, 0.29) is 17.6 Å². The van der Waals surface area contributed by atoms with Crippen molar-refractivity contribution in [2.45, 2.75) is 45.3 Å². The number of nitrogens with one attached hydrogen (secondary N) is 2. The van der Waals surface area contributed by atoms with Crippen LogP contribution in [0.4, 0.5) is 4.79 Å². The van der Waals surface area contributed by atoms with Crippen molar-refractivity contribution in [3.05, 3.63) is 0 Å². The molecule has 1 heterocycles. The standard InChI is InChI=1S/C10H18N2O3/c1-10(2,3)12-9(14)15-7-4-5-8(13)11-6-7/h7H,4-6H2,1-3H3,(H,11,13)(H,12,14)/t7-/m1/s1. The van der Waals surface area contributed by atoms with E-state index in [2.05, 4.69) is 10.6 Å². The highest BCUT2D eigenvalue weighted by molar-refractivity contribution is 5.77. The van der Waals surface area contributed by atoms with Crippen molar-refractivity contribution in [2.24, 2.45) is 0 Å². The lowest BCUT2D eigenvalue weighted by atomic mass is 10.1. The number of piperidine rings is 1. The van der Waals surface area contributed by atoms with Gasteiger partial charge >= 0.3 is 6.09 Å². The Labute approximate surface area is 89.6 Å². The fourth-order valence-electron chi connectivity index (χ4n) is 1.30. The Morgan fingerprint density at radius 2 is 2.20 bits per heavy atom. The predicted molar refractivity (Wildman–Crippen MR) is 55.4 cm³/mol. The Morgan fingerprint density at radius 1 is 1.53 bits per heavy atom. The summed E-state index contributed by atoms with van der Waals surface area (Å²) in [6, 6.07) is 0. The lowest BCUT2D eigenvalue weighted by Crippen LogP contribution is -2.46. The summed E-state index contributed by atoms with van der Waals surface area (Å²) in [5.41, 5.74) is -0.297. The molecule has 0 bridgehead atoms. The highest BCUT2D eigenvalue weighted by Gasteiger charge is 2.23. The number of rotatable bonds is 1. The second-order valence-electron chi connectivity index (χ2n) is 4.75. The molecule has 0 unspecified atom stereocenters. The second-order valence-corrected chi connectivity index (χ2v) is 4.75. The molecule has 1 saturated heterocycles. The lowest BCUT2D eigenvalue weighted by molar-refractivity contribution is -0.124. The lowest BCUT2D eigenvalue weighted by Gasteiger charge is -2.25. The molecule has 0 radical (unpaired) electrons. The third-order valence-electron chi connectivity index (χ3n) is 1.97. The molecule has 1 rings (SSSR count). The molecule has 2 amide bonds. The summed E-state index contributed by atoms with van der Waals surface area (Å²) in [7, 11) is 0. The quantitative estimate of drug-likeness (QED) is 0.678. The summed E-state index contributed by atoms with van der Waals surface area (Å²) >= 11 is 0. The molecular weight excluding hydrogens is 196 g/mol. The van der Waals surface area contributed by atoms with Gasteiger partial charge in [0.05, 0.1) is 6.54 Å². The first-order chi connectivity index (χ1) is 6.87. The van der Waals surface area contributed by atoms with Gasteiger partial charge in [0.15, 0.2) is 0 Å². The van der Waals surface area contributed by atoms with Gasteiger partial charge in [-0.25, -0.2) is 4.79 Å². The van der Waals surface area contributed by atoms with Crippen molar-refractivity contribution in [2.75, 3.05) is 6.54 Å². The van der Waals surface area contributed by atoms with Gasteiger partial charge in [-0.15, -0.1) is 0 Å². The monoisotopic (exact) mass is 214 g/mol. The molecule has 86 valence electrons. The number of alkyl carbamates (subject to hydrolysis) is 1. The zero-order chi connectivity index (χ0) is 11.5. The summed E-state index contributed by atoms with van der Waals surface area (Å²) in [4.78, 5) is 22.2. The Hall–Kier alpha value is -1.26. The molecule has 0 aromatic heterocycles. The summed E-state index contributed by atoms with van der Waals surface area (Å²) in [6.45, 7) is 6.07. The second kappa shape index (κ2) is 4.51. The Kier molecular flexibility index (Phi) is 3.55. The van der Waals surface area contributed by atoms with E-state index in [0.29, 0.717) is 19.4 Å². The molecule has 1 aliphatic heterocycles. The van der Waals surface area contributed by atoms with Gasteiger partial charge in [-0.3, -0.25) is 4.79 Å². The molecule has 0 spiro atoms. The predicted octanol–water partition coefficient (Wildman–Crippen LogP) is 0.790. The number of amides is 2. The third-order valence-corrected chi connectivity index (χ3v) is 1.97. The minimum atomic E-state index is -0.427. The number of hydrogen-bond donors (Lipinski definition) is 2. The number of ether oxygens (including phenoxy) is 1. The SMILES string of the molecule is CC(C)(C)NC(=O)O[C@@H]1CCC(=O)NC1. The van der Waals surface area contributed by atoms with Gasteiger partial charge in [0.1, 0.15) is 6.10 Å². The number of hydrogen-bond acceptors (Lipinski definition) is 3. The Bertz CT molecular complexity index is 248. The molecule has 2 N–H and O–H groups in total. The topological polar surface area (TPSA) is 67.4 Å². The third kappa shape index (κ3) is 4.67. The molecule has 15 heavy (non-hydrogen) atoms. The van der Waals surface area contributed by atoms with Crippen molar-refractivity contribution in [1.29, 1.82) is 0 Å². The van der Waals surface area contributed by atoms with Crippen LogP contribution < -0.4 is 10.6 Å². The van der Waals surface area contributed by atoms with Gasteiger partial charge < -0.3 is 15.4 Å². The first-order valence-corrected chi connectivity index (χ1v) is 5.12. The van der Waals surface area contributed by atoms with E-state index in [1.165, 1.54) is 0 Å². The molecule has 0 saturated carbocycles. The van der Waals surface area contributed by atoms with Crippen LogP contribution in [0.15, 0.2) is 0 Å². The van der Waals surface area contributed by atoms with Crippen molar-refractivity contribution in [3.8, 4) is 0 Å². The van der Waals surface area contributed by atoms with Crippen LogP contribution in [0, 0.1) is 0 Å². The Balaban J connectivity index is 2.29. The van der Waals surface area contributed by atoms with Gasteiger partial charge in [-0.1, -0.05) is 0 Å². The van der Waals surface area contributed by atoms with Crippen molar-refractivity contribution >= 4 is 12.0 Å². The van der Waals surface area contributed by atoms with E-state index in [0.717, 1.165) is 0 Å². The van der Waals surface area contributed by atoms with Crippen LogP contribution in [-0.2, 0) is 9.53 Å². The zero-order valence-electron chi connectivity index (χ0n) is 9.42. The van der Waals surface area contributed by atoms with Crippen LogP contribution in [0.1, 0.15) is 33.6 Å². The maximum Gasteiger partial charge on any atom is 0.407 e. The van der Waals surface area contributed by atoms with Crippen LogP contribution in [0.2, 0.25) is 0 Å². The van der Waals surface area contributed by atoms with Crippen LogP contribution in [0.25, 0.3) is 0 Å². The van der Waals surface area contributed by atoms with Crippen LogP contribution in [0.5, 0.6) is 0 Å². The van der Waals surface area contributed by atoms with Crippen LogP contribution >= 0.6 is 0 Å². The normalized spacial score (nSPS) is 21.8. The summed E-state index contributed by atoms with van der Waals surface area (Å²) < 4.78 is 5.15. The van der Waals surface area contributed by atoms with E-state index in [4.69, 9.17) is 4.74 Å². The minimum absolute atomic E-state index is 0.0195. The molecular formula is C10H18N2O3. The van der Waals surface area contributed by atoms with Gasteiger partial charge in [-0.05, 0) is 27.2 Å². The van der Waals surface area contributed by atoms with E-state index in [9.17, 15) is 9.59 Å². The number of carbonyl (C=O) groups is 2. The van der Waals surface area contributed by atoms with E-state index < -0.39 is 6.09 Å². The fourth-order valence-corrected chi connectivity index (χ4v) is 1.30. The number of carbonyl (C=O) groups excluding carboxylic acids is 2. The van der Waals surface area contributed by atoms with Gasteiger partial charge in [-0.2, -0.15) is 0 Å². The van der Waals surface area contributed by atoms with E-state index in [1.54, 1.807) is 0 Å². The zero-order valence-corrected chi connectivity index (χ0v) is 9.42. The van der Waals surface area contributed by atoms with Crippen molar-refractivity contribution < 1.29 is 14.3 Å². The van der Waals surface area contributed by atoms with E-state index in [1.807, 2.05) is 20.8 Å².